The molecule has 0 saturated carbocycles. The van der Waals surface area contributed by atoms with Crippen molar-refractivity contribution >= 4 is 44.8 Å². The molecule has 2 atom stereocenters. The third-order valence-electron chi connectivity index (χ3n) is 3.45. The van der Waals surface area contributed by atoms with Crippen LogP contribution in [0.1, 0.15) is 19.4 Å². The van der Waals surface area contributed by atoms with E-state index in [0.29, 0.717) is 4.91 Å². The summed E-state index contributed by atoms with van der Waals surface area (Å²) in [5, 5.41) is 0.785. The van der Waals surface area contributed by atoms with Crippen molar-refractivity contribution in [2.75, 3.05) is 13.1 Å². The Morgan fingerprint density at radius 1 is 1.36 bits per heavy atom. The molecule has 0 aliphatic carbocycles. The molecule has 2 aliphatic heterocycles. The minimum Gasteiger partial charge on any atom is -0.372 e. The van der Waals surface area contributed by atoms with E-state index in [2.05, 4.69) is 25.8 Å². The first-order chi connectivity index (χ1) is 10.5. The van der Waals surface area contributed by atoms with Gasteiger partial charge < -0.3 is 9.64 Å². The number of benzene rings is 1. The number of amidine groups is 1. The molecule has 22 heavy (non-hydrogen) atoms. The quantitative estimate of drug-likeness (QED) is 0.698. The number of thioether (sulfide) groups is 1. The molecule has 0 N–H and O–H groups in total. The Balaban J connectivity index is 1.76. The van der Waals surface area contributed by atoms with Crippen LogP contribution in [-0.4, -0.2) is 41.3 Å². The molecule has 0 aromatic heterocycles. The lowest BCUT2D eigenvalue weighted by atomic mass is 10.2. The van der Waals surface area contributed by atoms with Crippen molar-refractivity contribution < 1.29 is 9.53 Å². The van der Waals surface area contributed by atoms with Gasteiger partial charge in [-0.05, 0) is 49.4 Å². The molecule has 1 fully saturated rings. The first-order valence-electron chi connectivity index (χ1n) is 7.20. The average molecular weight is 381 g/mol. The van der Waals surface area contributed by atoms with Crippen molar-refractivity contribution in [1.82, 2.24) is 4.90 Å². The molecular formula is C16H17BrN2O2S. The maximum atomic E-state index is 12.1. The van der Waals surface area contributed by atoms with E-state index in [1.54, 1.807) is 0 Å². The summed E-state index contributed by atoms with van der Waals surface area (Å²) in [5.41, 5.74) is 0.991. The second-order valence-electron chi connectivity index (χ2n) is 5.53. The molecule has 1 aromatic carbocycles. The Hall–Kier alpha value is -1.11. The summed E-state index contributed by atoms with van der Waals surface area (Å²) in [7, 11) is 0. The minimum absolute atomic E-state index is 0.153. The van der Waals surface area contributed by atoms with Crippen LogP contribution in [0.3, 0.4) is 0 Å². The fourth-order valence-corrected chi connectivity index (χ4v) is 3.96. The molecule has 4 nitrogen and oxygen atoms in total. The molecule has 1 aromatic rings. The maximum absolute atomic E-state index is 12.1. The molecule has 1 amide bonds. The monoisotopic (exact) mass is 380 g/mol. The fraction of sp³-hybridized carbons (Fsp3) is 0.375. The zero-order valence-electron chi connectivity index (χ0n) is 12.5. The highest BCUT2D eigenvalue weighted by Gasteiger charge is 2.30. The van der Waals surface area contributed by atoms with Gasteiger partial charge in [-0.25, -0.2) is 0 Å². The molecule has 1 saturated heterocycles. The Kier molecular flexibility index (Phi) is 4.70. The number of aliphatic imine (C=N–C) groups is 1. The Bertz CT molecular complexity index is 649. The molecule has 0 radical (unpaired) electrons. The summed E-state index contributed by atoms with van der Waals surface area (Å²) in [4.78, 5) is 19.2. The van der Waals surface area contributed by atoms with E-state index in [1.807, 2.05) is 44.2 Å². The number of morpholine rings is 1. The number of rotatable bonds is 1. The van der Waals surface area contributed by atoms with Gasteiger partial charge >= 0.3 is 0 Å². The molecule has 2 heterocycles. The third kappa shape index (κ3) is 3.62. The van der Waals surface area contributed by atoms with Gasteiger partial charge in [0.15, 0.2) is 5.17 Å². The van der Waals surface area contributed by atoms with Crippen LogP contribution in [0.5, 0.6) is 0 Å². The number of carbonyl (C=O) groups is 1. The lowest BCUT2D eigenvalue weighted by molar-refractivity contribution is -0.113. The van der Waals surface area contributed by atoms with Gasteiger partial charge in [0, 0.05) is 17.6 Å². The number of carbonyl (C=O) groups excluding carboxylic acids is 1. The predicted octanol–water partition coefficient (Wildman–Crippen LogP) is 3.53. The van der Waals surface area contributed by atoms with E-state index in [1.165, 1.54) is 11.8 Å². The van der Waals surface area contributed by atoms with Crippen LogP contribution in [0.15, 0.2) is 38.6 Å². The molecule has 2 unspecified atom stereocenters. The summed E-state index contributed by atoms with van der Waals surface area (Å²) >= 11 is 4.89. The van der Waals surface area contributed by atoms with Gasteiger partial charge in [-0.15, -0.1) is 0 Å². The zero-order chi connectivity index (χ0) is 15.7. The second kappa shape index (κ2) is 6.56. The van der Waals surface area contributed by atoms with E-state index in [9.17, 15) is 4.79 Å². The number of hydrogen-bond acceptors (Lipinski definition) is 4. The van der Waals surface area contributed by atoms with Crippen LogP contribution in [0.2, 0.25) is 0 Å². The van der Waals surface area contributed by atoms with Crippen LogP contribution in [-0.2, 0) is 9.53 Å². The summed E-state index contributed by atoms with van der Waals surface area (Å²) < 4.78 is 6.72. The first kappa shape index (κ1) is 15.8. The standard InChI is InChI=1S/C16H17BrN2O2S/c1-10-8-19(9-11(2)21-10)16-18-15(20)14(22-16)7-12-4-3-5-13(17)6-12/h3-7,10-11H,8-9H2,1-2H3/b14-7-. The zero-order valence-corrected chi connectivity index (χ0v) is 14.9. The van der Waals surface area contributed by atoms with Crippen molar-refractivity contribution in [1.29, 1.82) is 0 Å². The van der Waals surface area contributed by atoms with E-state index in [4.69, 9.17) is 4.74 Å². The van der Waals surface area contributed by atoms with E-state index < -0.39 is 0 Å². The Morgan fingerprint density at radius 3 is 2.77 bits per heavy atom. The summed E-state index contributed by atoms with van der Waals surface area (Å²) in [6, 6.07) is 7.87. The normalized spacial score (nSPS) is 27.4. The van der Waals surface area contributed by atoms with E-state index >= 15 is 0 Å². The second-order valence-corrected chi connectivity index (χ2v) is 7.45. The number of hydrogen-bond donors (Lipinski definition) is 0. The molecule has 2 aliphatic rings. The number of ether oxygens (including phenoxy) is 1. The van der Waals surface area contributed by atoms with Crippen molar-refractivity contribution in [2.45, 2.75) is 26.1 Å². The average Bonchev–Trinajstić information content (AvgIpc) is 2.79. The number of halogens is 1. The smallest absolute Gasteiger partial charge is 0.286 e. The highest BCUT2D eigenvalue weighted by Crippen LogP contribution is 2.31. The fourth-order valence-electron chi connectivity index (χ4n) is 2.62. The van der Waals surface area contributed by atoms with Crippen molar-refractivity contribution in [3.8, 4) is 0 Å². The van der Waals surface area contributed by atoms with Gasteiger partial charge in [-0.1, -0.05) is 28.1 Å². The van der Waals surface area contributed by atoms with Gasteiger partial charge in [-0.3, -0.25) is 4.79 Å². The van der Waals surface area contributed by atoms with Crippen LogP contribution in [0.25, 0.3) is 6.08 Å². The molecular weight excluding hydrogens is 364 g/mol. The maximum Gasteiger partial charge on any atom is 0.286 e. The minimum atomic E-state index is -0.160. The lowest BCUT2D eigenvalue weighted by Crippen LogP contribution is -2.47. The van der Waals surface area contributed by atoms with Gasteiger partial charge in [0.05, 0.1) is 17.1 Å². The number of amides is 1. The van der Waals surface area contributed by atoms with Gasteiger partial charge in [0.1, 0.15) is 0 Å². The molecule has 3 rings (SSSR count). The van der Waals surface area contributed by atoms with Gasteiger partial charge in [0.2, 0.25) is 0 Å². The topological polar surface area (TPSA) is 41.9 Å². The van der Waals surface area contributed by atoms with Gasteiger partial charge in [-0.2, -0.15) is 4.99 Å². The van der Waals surface area contributed by atoms with E-state index in [-0.39, 0.29) is 18.1 Å². The third-order valence-corrected chi connectivity index (χ3v) is 4.98. The van der Waals surface area contributed by atoms with Crippen LogP contribution >= 0.6 is 27.7 Å². The van der Waals surface area contributed by atoms with Crippen LogP contribution in [0.4, 0.5) is 0 Å². The van der Waals surface area contributed by atoms with Crippen molar-refractivity contribution in [3.05, 3.63) is 39.2 Å². The van der Waals surface area contributed by atoms with Crippen molar-refractivity contribution in [3.63, 3.8) is 0 Å². The summed E-state index contributed by atoms with van der Waals surface area (Å²) in [5.74, 6) is -0.160. The Labute approximate surface area is 142 Å². The predicted molar refractivity (Wildman–Crippen MR) is 93.7 cm³/mol. The van der Waals surface area contributed by atoms with Crippen molar-refractivity contribution in [2.24, 2.45) is 4.99 Å². The lowest BCUT2D eigenvalue weighted by Gasteiger charge is -2.35. The SMILES string of the molecule is CC1CN(C2=NC(=O)/C(=C/c3cccc(Br)c3)S2)CC(C)O1. The number of nitrogens with zero attached hydrogens (tertiary/aromatic N) is 2. The largest absolute Gasteiger partial charge is 0.372 e. The first-order valence-corrected chi connectivity index (χ1v) is 8.81. The highest BCUT2D eigenvalue weighted by molar-refractivity contribution is 9.10. The molecule has 0 spiro atoms. The van der Waals surface area contributed by atoms with Gasteiger partial charge in [0.25, 0.3) is 5.91 Å². The molecule has 6 heteroatoms. The molecule has 0 bridgehead atoms. The molecule has 116 valence electrons. The summed E-state index contributed by atoms with van der Waals surface area (Å²) in [6.45, 7) is 5.63. The van der Waals surface area contributed by atoms with Crippen LogP contribution < -0.4 is 0 Å². The Morgan fingerprint density at radius 2 is 2.09 bits per heavy atom. The van der Waals surface area contributed by atoms with E-state index in [0.717, 1.165) is 28.3 Å². The van der Waals surface area contributed by atoms with Crippen LogP contribution in [0, 0.1) is 0 Å². The summed E-state index contributed by atoms with van der Waals surface area (Å²) in [6.07, 6.45) is 2.20. The highest BCUT2D eigenvalue weighted by atomic mass is 79.9.